The van der Waals surface area contributed by atoms with Crippen molar-refractivity contribution in [3.05, 3.63) is 41.2 Å². The predicted octanol–water partition coefficient (Wildman–Crippen LogP) is 3.02. The Bertz CT molecular complexity index is 614. The second kappa shape index (κ2) is 6.08. The summed E-state index contributed by atoms with van der Waals surface area (Å²) in [6, 6.07) is 8.16. The summed E-state index contributed by atoms with van der Waals surface area (Å²) in [6.45, 7) is 4.18. The second-order valence-electron chi connectivity index (χ2n) is 5.55. The van der Waals surface area contributed by atoms with Gasteiger partial charge in [-0.1, -0.05) is 24.6 Å². The third-order valence-corrected chi connectivity index (χ3v) is 4.35. The largest absolute Gasteiger partial charge is 0.369 e. The van der Waals surface area contributed by atoms with Crippen LogP contribution in [0.25, 0.3) is 5.69 Å². The van der Waals surface area contributed by atoms with Gasteiger partial charge in [0.1, 0.15) is 0 Å². The maximum atomic E-state index is 6.10. The molecular weight excluding hydrogens is 284 g/mol. The average molecular weight is 305 g/mol. The van der Waals surface area contributed by atoms with Crippen LogP contribution in [0.1, 0.15) is 25.5 Å². The SMILES string of the molecule is CCc1c(N2CCC(N)CC2)cnn1-c1cccc(Cl)c1. The molecule has 2 heterocycles. The number of nitrogens with zero attached hydrogens (tertiary/aromatic N) is 3. The highest BCUT2D eigenvalue weighted by Crippen LogP contribution is 2.27. The molecule has 0 amide bonds. The van der Waals surface area contributed by atoms with E-state index < -0.39 is 0 Å². The summed E-state index contributed by atoms with van der Waals surface area (Å²) in [6.07, 6.45) is 5.00. The fourth-order valence-electron chi connectivity index (χ4n) is 2.93. The molecule has 0 aliphatic carbocycles. The van der Waals surface area contributed by atoms with Crippen LogP contribution in [0.5, 0.6) is 0 Å². The van der Waals surface area contributed by atoms with E-state index in [1.54, 1.807) is 0 Å². The normalized spacial score (nSPS) is 16.4. The van der Waals surface area contributed by atoms with Gasteiger partial charge in [0.25, 0.3) is 0 Å². The molecule has 0 atom stereocenters. The molecule has 112 valence electrons. The summed E-state index contributed by atoms with van der Waals surface area (Å²) < 4.78 is 2.00. The van der Waals surface area contributed by atoms with Gasteiger partial charge in [-0.3, -0.25) is 0 Å². The number of piperidine rings is 1. The van der Waals surface area contributed by atoms with Crippen LogP contribution >= 0.6 is 11.6 Å². The molecule has 5 heteroatoms. The molecule has 1 fully saturated rings. The smallest absolute Gasteiger partial charge is 0.0789 e. The molecule has 0 bridgehead atoms. The number of hydrogen-bond acceptors (Lipinski definition) is 3. The van der Waals surface area contributed by atoms with Crippen LogP contribution in [0.2, 0.25) is 5.02 Å². The Morgan fingerprint density at radius 1 is 1.33 bits per heavy atom. The van der Waals surface area contributed by atoms with E-state index >= 15 is 0 Å². The highest BCUT2D eigenvalue weighted by molar-refractivity contribution is 6.30. The molecule has 2 aromatic rings. The van der Waals surface area contributed by atoms with Crippen molar-refractivity contribution < 1.29 is 0 Å². The van der Waals surface area contributed by atoms with Crippen molar-refractivity contribution in [2.75, 3.05) is 18.0 Å². The van der Waals surface area contributed by atoms with Gasteiger partial charge >= 0.3 is 0 Å². The van der Waals surface area contributed by atoms with Crippen LogP contribution in [0.4, 0.5) is 5.69 Å². The van der Waals surface area contributed by atoms with Gasteiger partial charge in [0.15, 0.2) is 0 Å². The Morgan fingerprint density at radius 2 is 2.10 bits per heavy atom. The van der Waals surface area contributed by atoms with Gasteiger partial charge in [-0.25, -0.2) is 4.68 Å². The number of benzene rings is 1. The highest BCUT2D eigenvalue weighted by Gasteiger charge is 2.21. The van der Waals surface area contributed by atoms with E-state index in [1.165, 1.54) is 11.4 Å². The maximum Gasteiger partial charge on any atom is 0.0789 e. The molecular formula is C16H21ClN4. The van der Waals surface area contributed by atoms with Crippen molar-refractivity contribution in [1.82, 2.24) is 9.78 Å². The average Bonchev–Trinajstić information content (AvgIpc) is 2.92. The zero-order valence-electron chi connectivity index (χ0n) is 12.3. The van der Waals surface area contributed by atoms with E-state index in [0.717, 1.165) is 43.1 Å². The molecule has 1 aliphatic heterocycles. The summed E-state index contributed by atoms with van der Waals surface area (Å²) in [5.74, 6) is 0. The maximum absolute atomic E-state index is 6.10. The Kier molecular flexibility index (Phi) is 4.17. The third kappa shape index (κ3) is 2.92. The fourth-order valence-corrected chi connectivity index (χ4v) is 3.12. The summed E-state index contributed by atoms with van der Waals surface area (Å²) in [5, 5.41) is 5.31. The topological polar surface area (TPSA) is 47.1 Å². The van der Waals surface area contributed by atoms with Crippen molar-refractivity contribution in [1.29, 1.82) is 0 Å². The first kappa shape index (κ1) is 14.4. The number of nitrogens with two attached hydrogens (primary N) is 1. The number of halogens is 1. The molecule has 0 spiro atoms. The molecule has 0 unspecified atom stereocenters. The standard InChI is InChI=1S/C16H21ClN4/c1-2-15-16(20-8-6-13(18)7-9-20)11-19-21(15)14-5-3-4-12(17)10-14/h3-5,10-11,13H,2,6-9,18H2,1H3. The lowest BCUT2D eigenvalue weighted by atomic mass is 10.1. The Labute approximate surface area is 130 Å². The highest BCUT2D eigenvalue weighted by atomic mass is 35.5. The molecule has 1 aromatic heterocycles. The first-order chi connectivity index (χ1) is 10.2. The molecule has 21 heavy (non-hydrogen) atoms. The second-order valence-corrected chi connectivity index (χ2v) is 5.98. The quantitative estimate of drug-likeness (QED) is 0.948. The van der Waals surface area contributed by atoms with Gasteiger partial charge in [0, 0.05) is 24.2 Å². The number of aromatic nitrogens is 2. The Balaban J connectivity index is 1.93. The fraction of sp³-hybridized carbons (Fsp3) is 0.438. The van der Waals surface area contributed by atoms with Gasteiger partial charge in [-0.05, 0) is 37.5 Å². The van der Waals surface area contributed by atoms with Crippen LogP contribution in [0.3, 0.4) is 0 Å². The van der Waals surface area contributed by atoms with Crippen LogP contribution < -0.4 is 10.6 Å². The molecule has 0 saturated carbocycles. The summed E-state index contributed by atoms with van der Waals surface area (Å²) in [5.41, 5.74) is 9.47. The molecule has 3 rings (SSSR count). The minimum Gasteiger partial charge on any atom is -0.369 e. The van der Waals surface area contributed by atoms with E-state index in [4.69, 9.17) is 17.3 Å². The summed E-state index contributed by atoms with van der Waals surface area (Å²) in [4.78, 5) is 2.40. The lowest BCUT2D eigenvalue weighted by Gasteiger charge is -2.31. The summed E-state index contributed by atoms with van der Waals surface area (Å²) >= 11 is 6.10. The lowest BCUT2D eigenvalue weighted by Crippen LogP contribution is -2.39. The molecule has 1 saturated heterocycles. The number of rotatable bonds is 3. The molecule has 2 N–H and O–H groups in total. The molecule has 1 aliphatic rings. The molecule has 4 nitrogen and oxygen atoms in total. The third-order valence-electron chi connectivity index (χ3n) is 4.11. The zero-order chi connectivity index (χ0) is 14.8. The number of anilines is 1. The first-order valence-corrected chi connectivity index (χ1v) is 7.90. The van der Waals surface area contributed by atoms with Crippen LogP contribution in [-0.2, 0) is 6.42 Å². The minimum absolute atomic E-state index is 0.342. The van der Waals surface area contributed by atoms with Gasteiger partial charge in [0.2, 0.25) is 0 Å². The molecule has 0 radical (unpaired) electrons. The minimum atomic E-state index is 0.342. The Hall–Kier alpha value is -1.52. The first-order valence-electron chi connectivity index (χ1n) is 7.52. The van der Waals surface area contributed by atoms with E-state index in [-0.39, 0.29) is 0 Å². The van der Waals surface area contributed by atoms with Gasteiger partial charge in [0.05, 0.1) is 23.3 Å². The number of hydrogen-bond donors (Lipinski definition) is 1. The van der Waals surface area contributed by atoms with Gasteiger partial charge in [-0.2, -0.15) is 5.10 Å². The zero-order valence-corrected chi connectivity index (χ0v) is 13.1. The van der Waals surface area contributed by atoms with E-state index in [0.29, 0.717) is 6.04 Å². The summed E-state index contributed by atoms with van der Waals surface area (Å²) in [7, 11) is 0. The van der Waals surface area contributed by atoms with Crippen molar-refractivity contribution >= 4 is 17.3 Å². The lowest BCUT2D eigenvalue weighted by molar-refractivity contribution is 0.500. The predicted molar refractivity (Wildman–Crippen MR) is 87.4 cm³/mol. The van der Waals surface area contributed by atoms with Crippen LogP contribution in [0.15, 0.2) is 30.5 Å². The van der Waals surface area contributed by atoms with E-state index in [2.05, 4.69) is 16.9 Å². The van der Waals surface area contributed by atoms with Crippen LogP contribution in [0, 0.1) is 0 Å². The Morgan fingerprint density at radius 3 is 2.76 bits per heavy atom. The van der Waals surface area contributed by atoms with Gasteiger partial charge < -0.3 is 10.6 Å². The van der Waals surface area contributed by atoms with Crippen molar-refractivity contribution in [3.63, 3.8) is 0 Å². The van der Waals surface area contributed by atoms with Crippen molar-refractivity contribution in [2.24, 2.45) is 5.73 Å². The van der Waals surface area contributed by atoms with Crippen molar-refractivity contribution in [3.8, 4) is 5.69 Å². The van der Waals surface area contributed by atoms with E-state index in [9.17, 15) is 0 Å². The van der Waals surface area contributed by atoms with E-state index in [1.807, 2.05) is 35.1 Å². The molecule has 1 aromatic carbocycles. The van der Waals surface area contributed by atoms with Crippen molar-refractivity contribution in [2.45, 2.75) is 32.2 Å². The van der Waals surface area contributed by atoms with Crippen LogP contribution in [-0.4, -0.2) is 28.9 Å². The van der Waals surface area contributed by atoms with Gasteiger partial charge in [-0.15, -0.1) is 0 Å². The monoisotopic (exact) mass is 304 g/mol.